The van der Waals surface area contributed by atoms with Crippen molar-refractivity contribution in [1.29, 1.82) is 0 Å². The van der Waals surface area contributed by atoms with Crippen molar-refractivity contribution in [3.05, 3.63) is 11.1 Å². The summed E-state index contributed by atoms with van der Waals surface area (Å²) in [6, 6.07) is 0. The van der Waals surface area contributed by atoms with E-state index < -0.39 is 17.7 Å². The fourth-order valence-electron chi connectivity index (χ4n) is 1.96. The summed E-state index contributed by atoms with van der Waals surface area (Å²) in [5.74, 6) is -0.248. The minimum Gasteiger partial charge on any atom is -0.481 e. The molecule has 0 radical (unpaired) electrons. The zero-order chi connectivity index (χ0) is 16.3. The van der Waals surface area contributed by atoms with Crippen LogP contribution in [0.4, 0.5) is 9.93 Å². The summed E-state index contributed by atoms with van der Waals surface area (Å²) < 4.78 is 5.43. The highest BCUT2D eigenvalue weighted by molar-refractivity contribution is 7.14. The van der Waals surface area contributed by atoms with Crippen molar-refractivity contribution in [3.8, 4) is 0 Å². The van der Waals surface area contributed by atoms with Gasteiger partial charge in [0.05, 0.1) is 12.1 Å². The van der Waals surface area contributed by atoms with E-state index >= 15 is 0 Å². The average molecular weight is 326 g/mol. The third-order valence-electron chi connectivity index (χ3n) is 3.17. The lowest BCUT2D eigenvalue weighted by molar-refractivity contribution is -0.136. The average Bonchev–Trinajstić information content (AvgIpc) is 3.07. The second kappa shape index (κ2) is 6.64. The highest BCUT2D eigenvalue weighted by Gasteiger charge is 2.28. The Morgan fingerprint density at radius 3 is 2.68 bits per heavy atom. The number of nitrogens with zero attached hydrogens (tertiary/aromatic N) is 2. The Balaban J connectivity index is 2.09. The Morgan fingerprint density at radius 2 is 2.14 bits per heavy atom. The van der Waals surface area contributed by atoms with Crippen molar-refractivity contribution in [1.82, 2.24) is 4.98 Å². The molecule has 1 heterocycles. The number of carboxylic acids is 1. The normalized spacial score (nSPS) is 14.7. The van der Waals surface area contributed by atoms with Crippen LogP contribution in [0.2, 0.25) is 0 Å². The number of carbonyl (C=O) groups excluding carboxylic acids is 1. The minimum absolute atomic E-state index is 0.138. The molecule has 122 valence electrons. The largest absolute Gasteiger partial charge is 0.481 e. The molecule has 1 aliphatic rings. The fraction of sp³-hybridized carbons (Fsp3) is 0.667. The predicted octanol–water partition coefficient (Wildman–Crippen LogP) is 3.31. The first-order valence-electron chi connectivity index (χ1n) is 7.41. The summed E-state index contributed by atoms with van der Waals surface area (Å²) in [5, 5.41) is 11.0. The number of aliphatic carboxylic acids is 1. The summed E-state index contributed by atoms with van der Waals surface area (Å²) in [4.78, 5) is 28.9. The van der Waals surface area contributed by atoms with E-state index in [1.54, 1.807) is 5.38 Å². The van der Waals surface area contributed by atoms with E-state index in [2.05, 4.69) is 4.98 Å². The molecule has 1 amide bonds. The van der Waals surface area contributed by atoms with E-state index in [9.17, 15) is 9.59 Å². The van der Waals surface area contributed by atoms with Gasteiger partial charge in [-0.2, -0.15) is 0 Å². The van der Waals surface area contributed by atoms with Gasteiger partial charge >= 0.3 is 12.1 Å². The molecule has 0 saturated heterocycles. The van der Waals surface area contributed by atoms with Crippen LogP contribution in [0.15, 0.2) is 5.38 Å². The maximum absolute atomic E-state index is 12.4. The second-order valence-electron chi connectivity index (χ2n) is 6.56. The molecule has 0 aliphatic heterocycles. The molecule has 1 aromatic rings. The van der Waals surface area contributed by atoms with Gasteiger partial charge in [-0.1, -0.05) is 12.8 Å². The van der Waals surface area contributed by atoms with Crippen molar-refractivity contribution in [2.45, 2.75) is 52.1 Å². The van der Waals surface area contributed by atoms with Gasteiger partial charge in [0, 0.05) is 11.9 Å². The Hall–Kier alpha value is -1.63. The molecule has 1 saturated carbocycles. The summed E-state index contributed by atoms with van der Waals surface area (Å²) in [6.45, 7) is 6.02. The highest BCUT2D eigenvalue weighted by atomic mass is 32.1. The summed E-state index contributed by atoms with van der Waals surface area (Å²) in [6.07, 6.45) is 2.78. The van der Waals surface area contributed by atoms with Gasteiger partial charge in [0.15, 0.2) is 5.13 Å². The molecular formula is C15H22N2O4S. The first-order chi connectivity index (χ1) is 10.2. The van der Waals surface area contributed by atoms with Crippen molar-refractivity contribution >= 4 is 28.5 Å². The maximum atomic E-state index is 12.4. The molecule has 1 fully saturated rings. The molecular weight excluding hydrogens is 304 g/mol. The molecule has 1 N–H and O–H groups in total. The van der Waals surface area contributed by atoms with E-state index in [0.717, 1.165) is 6.42 Å². The predicted molar refractivity (Wildman–Crippen MR) is 84.4 cm³/mol. The zero-order valence-electron chi connectivity index (χ0n) is 13.2. The smallest absolute Gasteiger partial charge is 0.416 e. The van der Waals surface area contributed by atoms with Gasteiger partial charge < -0.3 is 9.84 Å². The summed E-state index contributed by atoms with van der Waals surface area (Å²) in [5.41, 5.74) is -0.108. The van der Waals surface area contributed by atoms with Crippen LogP contribution >= 0.6 is 11.3 Å². The lowest BCUT2D eigenvalue weighted by Crippen LogP contribution is -2.37. The maximum Gasteiger partial charge on any atom is 0.416 e. The summed E-state index contributed by atoms with van der Waals surface area (Å²) in [7, 11) is 0. The van der Waals surface area contributed by atoms with Crippen LogP contribution < -0.4 is 4.90 Å². The van der Waals surface area contributed by atoms with Gasteiger partial charge in [-0.05, 0) is 33.1 Å². The SMILES string of the molecule is CC(C)(C)OC(=O)N(CCC1CC1)c1nc(CC(=O)O)cs1. The van der Waals surface area contributed by atoms with Crippen molar-refractivity contribution in [3.63, 3.8) is 0 Å². The third-order valence-corrected chi connectivity index (χ3v) is 4.09. The number of rotatable bonds is 6. The van der Waals surface area contributed by atoms with Crippen molar-refractivity contribution in [2.24, 2.45) is 5.92 Å². The Morgan fingerprint density at radius 1 is 1.45 bits per heavy atom. The number of carboxylic acid groups (broad SMARTS) is 1. The molecule has 0 unspecified atom stereocenters. The van der Waals surface area contributed by atoms with Crippen LogP contribution in [-0.4, -0.2) is 34.3 Å². The Labute approximate surface area is 134 Å². The minimum atomic E-state index is -0.932. The molecule has 0 atom stereocenters. The highest BCUT2D eigenvalue weighted by Crippen LogP contribution is 2.33. The van der Waals surface area contributed by atoms with Crippen LogP contribution in [0.25, 0.3) is 0 Å². The van der Waals surface area contributed by atoms with Gasteiger partial charge in [0.25, 0.3) is 0 Å². The zero-order valence-corrected chi connectivity index (χ0v) is 14.0. The topological polar surface area (TPSA) is 79.7 Å². The molecule has 22 heavy (non-hydrogen) atoms. The standard InChI is InChI=1S/C15H22N2O4S/c1-15(2,3)21-14(20)17(7-6-10-4-5-10)13-16-11(9-22-13)8-12(18)19/h9-10H,4-8H2,1-3H3,(H,18,19). The number of ether oxygens (including phenoxy) is 1. The van der Waals surface area contributed by atoms with Crippen LogP contribution in [-0.2, 0) is 16.0 Å². The Kier molecular flexibility index (Phi) is 5.05. The second-order valence-corrected chi connectivity index (χ2v) is 7.39. The Bertz CT molecular complexity index is 546. The molecule has 1 aliphatic carbocycles. The molecule has 2 rings (SSSR count). The lowest BCUT2D eigenvalue weighted by atomic mass is 10.2. The molecule has 0 aromatic carbocycles. The van der Waals surface area contributed by atoms with Gasteiger partial charge in [-0.15, -0.1) is 11.3 Å². The molecule has 0 spiro atoms. The number of carbonyl (C=O) groups is 2. The number of thiazole rings is 1. The molecule has 0 bridgehead atoms. The van der Waals surface area contributed by atoms with E-state index in [1.807, 2.05) is 20.8 Å². The number of aromatic nitrogens is 1. The third kappa shape index (κ3) is 5.29. The monoisotopic (exact) mass is 326 g/mol. The number of hydrogen-bond acceptors (Lipinski definition) is 5. The van der Waals surface area contributed by atoms with Gasteiger partial charge in [-0.3, -0.25) is 9.69 Å². The first kappa shape index (κ1) is 16.7. The number of amides is 1. The van der Waals surface area contributed by atoms with Crippen molar-refractivity contribution in [2.75, 3.05) is 11.4 Å². The van der Waals surface area contributed by atoms with Crippen molar-refractivity contribution < 1.29 is 19.4 Å². The van der Waals surface area contributed by atoms with Gasteiger partial charge in [-0.25, -0.2) is 9.78 Å². The first-order valence-corrected chi connectivity index (χ1v) is 8.29. The quantitative estimate of drug-likeness (QED) is 0.867. The molecule has 6 nitrogen and oxygen atoms in total. The molecule has 1 aromatic heterocycles. The fourth-order valence-corrected chi connectivity index (χ4v) is 2.80. The van der Waals surface area contributed by atoms with E-state index in [1.165, 1.54) is 29.1 Å². The number of hydrogen-bond donors (Lipinski definition) is 1. The number of anilines is 1. The lowest BCUT2D eigenvalue weighted by Gasteiger charge is -2.25. The van der Waals surface area contributed by atoms with E-state index in [4.69, 9.17) is 9.84 Å². The van der Waals surface area contributed by atoms with E-state index in [0.29, 0.717) is 23.3 Å². The van der Waals surface area contributed by atoms with Gasteiger partial charge in [0.2, 0.25) is 0 Å². The van der Waals surface area contributed by atoms with Crippen LogP contribution in [0, 0.1) is 5.92 Å². The van der Waals surface area contributed by atoms with Crippen LogP contribution in [0.1, 0.15) is 45.7 Å². The molecule has 7 heteroatoms. The van der Waals surface area contributed by atoms with E-state index in [-0.39, 0.29) is 6.42 Å². The van der Waals surface area contributed by atoms with Crippen LogP contribution in [0.5, 0.6) is 0 Å². The summed E-state index contributed by atoms with van der Waals surface area (Å²) >= 11 is 1.28. The van der Waals surface area contributed by atoms with Crippen LogP contribution in [0.3, 0.4) is 0 Å². The van der Waals surface area contributed by atoms with Gasteiger partial charge in [0.1, 0.15) is 5.60 Å².